The minimum absolute atomic E-state index is 0.613. The van der Waals surface area contributed by atoms with Gasteiger partial charge < -0.3 is 5.32 Å². The number of aromatic nitrogens is 1. The number of rotatable bonds is 5. The largest absolute Gasteiger partial charge is 0.305 e. The Morgan fingerprint density at radius 1 is 1.35 bits per heavy atom. The average molecular weight is 265 g/mol. The summed E-state index contributed by atoms with van der Waals surface area (Å²) in [7, 11) is 0. The third-order valence-electron chi connectivity index (χ3n) is 2.21. The van der Waals surface area contributed by atoms with E-state index in [1.165, 1.54) is 0 Å². The predicted octanol–water partition coefficient (Wildman–Crippen LogP) is 3.65. The van der Waals surface area contributed by atoms with Crippen LogP contribution < -0.4 is 5.32 Å². The number of nitrogens with zero attached hydrogens (tertiary/aromatic N) is 1. The molecule has 0 atom stereocenters. The van der Waals surface area contributed by atoms with Crippen LogP contribution in [-0.4, -0.2) is 11.5 Å². The lowest BCUT2D eigenvalue weighted by Gasteiger charge is -1.99. The van der Waals surface area contributed by atoms with Crippen molar-refractivity contribution in [3.05, 3.63) is 52.3 Å². The second kappa shape index (κ2) is 5.96. The zero-order valence-corrected chi connectivity index (χ0v) is 10.9. The summed E-state index contributed by atoms with van der Waals surface area (Å²) in [5.74, 6) is 0. The molecule has 17 heavy (non-hydrogen) atoms. The van der Waals surface area contributed by atoms with Crippen molar-refractivity contribution in [2.75, 3.05) is 6.54 Å². The van der Waals surface area contributed by atoms with Crippen molar-refractivity contribution in [3.63, 3.8) is 0 Å². The fourth-order valence-electron chi connectivity index (χ4n) is 1.44. The summed E-state index contributed by atoms with van der Waals surface area (Å²) in [6.45, 7) is 4.96. The molecule has 0 amide bonds. The minimum atomic E-state index is 0.613. The molecule has 0 fully saturated rings. The van der Waals surface area contributed by atoms with Gasteiger partial charge in [-0.05, 0) is 0 Å². The van der Waals surface area contributed by atoms with E-state index in [2.05, 4.69) is 34.4 Å². The van der Waals surface area contributed by atoms with Gasteiger partial charge in [-0.1, -0.05) is 48.5 Å². The van der Waals surface area contributed by atoms with Gasteiger partial charge in [-0.2, -0.15) is 0 Å². The lowest BCUT2D eigenvalue weighted by Crippen LogP contribution is -2.14. The van der Waals surface area contributed by atoms with Gasteiger partial charge in [-0.25, -0.2) is 4.98 Å². The van der Waals surface area contributed by atoms with Crippen LogP contribution in [0.25, 0.3) is 11.3 Å². The number of hydrogen-bond acceptors (Lipinski definition) is 3. The fraction of sp³-hybridized carbons (Fsp3) is 0.154. The topological polar surface area (TPSA) is 24.9 Å². The van der Waals surface area contributed by atoms with Gasteiger partial charge in [-0.15, -0.1) is 11.3 Å². The van der Waals surface area contributed by atoms with E-state index in [-0.39, 0.29) is 0 Å². The van der Waals surface area contributed by atoms with E-state index < -0.39 is 0 Å². The molecular weight excluding hydrogens is 252 g/mol. The summed E-state index contributed by atoms with van der Waals surface area (Å²) in [5.41, 5.74) is 2.17. The molecule has 2 aromatic rings. The Hall–Kier alpha value is -1.16. The normalized spacial score (nSPS) is 10.4. The zero-order valence-electron chi connectivity index (χ0n) is 9.32. The highest BCUT2D eigenvalue weighted by atomic mass is 35.5. The molecular formula is C13H13ClN2S. The highest BCUT2D eigenvalue weighted by Gasteiger charge is 2.03. The number of halogens is 1. The van der Waals surface area contributed by atoms with Crippen LogP contribution in [0.2, 0.25) is 0 Å². The molecule has 0 spiro atoms. The Balaban J connectivity index is 1.99. The van der Waals surface area contributed by atoms with Crippen LogP contribution in [-0.2, 0) is 6.54 Å². The second-order valence-corrected chi connectivity index (χ2v) is 5.09. The standard InChI is InChI=1S/C13H13ClN2S/c1-10(14)7-15-8-13-16-12(9-17-13)11-5-3-2-4-6-11/h2-6,9,15H,1,7-8H2. The highest BCUT2D eigenvalue weighted by molar-refractivity contribution is 7.09. The van der Waals surface area contributed by atoms with Gasteiger partial charge in [0, 0.05) is 29.1 Å². The molecule has 1 aromatic heterocycles. The first-order valence-electron chi connectivity index (χ1n) is 5.29. The van der Waals surface area contributed by atoms with Crippen molar-refractivity contribution in [1.29, 1.82) is 0 Å². The molecule has 2 rings (SSSR count). The van der Waals surface area contributed by atoms with Crippen LogP contribution in [0.4, 0.5) is 0 Å². The van der Waals surface area contributed by atoms with Crippen molar-refractivity contribution in [1.82, 2.24) is 10.3 Å². The first-order chi connectivity index (χ1) is 8.25. The molecule has 0 saturated carbocycles. The quantitative estimate of drug-likeness (QED) is 0.892. The SMILES string of the molecule is C=C(Cl)CNCc1nc(-c2ccccc2)cs1. The predicted molar refractivity (Wildman–Crippen MR) is 74.2 cm³/mol. The lowest BCUT2D eigenvalue weighted by molar-refractivity contribution is 0.750. The molecule has 0 aliphatic carbocycles. The van der Waals surface area contributed by atoms with E-state index >= 15 is 0 Å². The van der Waals surface area contributed by atoms with Crippen LogP contribution in [0.3, 0.4) is 0 Å². The van der Waals surface area contributed by atoms with E-state index in [1.807, 2.05) is 18.2 Å². The van der Waals surface area contributed by atoms with Gasteiger partial charge in [0.15, 0.2) is 0 Å². The molecule has 4 heteroatoms. The van der Waals surface area contributed by atoms with E-state index in [1.54, 1.807) is 11.3 Å². The molecule has 0 saturated heterocycles. The van der Waals surface area contributed by atoms with Gasteiger partial charge in [-0.3, -0.25) is 0 Å². The smallest absolute Gasteiger partial charge is 0.107 e. The van der Waals surface area contributed by atoms with Gasteiger partial charge >= 0.3 is 0 Å². The van der Waals surface area contributed by atoms with E-state index in [4.69, 9.17) is 11.6 Å². The summed E-state index contributed by atoms with van der Waals surface area (Å²) in [6, 6.07) is 10.2. The molecule has 0 aliphatic rings. The average Bonchev–Trinajstić information content (AvgIpc) is 2.78. The first kappa shape index (κ1) is 12.3. The van der Waals surface area contributed by atoms with Gasteiger partial charge in [0.25, 0.3) is 0 Å². The third-order valence-corrected chi connectivity index (χ3v) is 3.20. The Kier molecular flexibility index (Phi) is 4.31. The molecule has 88 valence electrons. The summed E-state index contributed by atoms with van der Waals surface area (Å²) >= 11 is 7.32. The minimum Gasteiger partial charge on any atom is -0.305 e. The Morgan fingerprint density at radius 3 is 2.82 bits per heavy atom. The molecule has 1 aromatic carbocycles. The summed E-state index contributed by atoms with van der Waals surface area (Å²) < 4.78 is 0. The zero-order chi connectivity index (χ0) is 12.1. The monoisotopic (exact) mass is 264 g/mol. The number of nitrogens with one attached hydrogen (secondary N) is 1. The molecule has 0 unspecified atom stereocenters. The van der Waals surface area contributed by atoms with Crippen LogP contribution in [0.1, 0.15) is 5.01 Å². The third kappa shape index (κ3) is 3.66. The summed E-state index contributed by atoms with van der Waals surface area (Å²) in [6.07, 6.45) is 0. The fourth-order valence-corrected chi connectivity index (χ4v) is 2.31. The molecule has 0 bridgehead atoms. The van der Waals surface area contributed by atoms with Crippen molar-refractivity contribution in [2.45, 2.75) is 6.54 Å². The van der Waals surface area contributed by atoms with Crippen LogP contribution in [0, 0.1) is 0 Å². The summed E-state index contributed by atoms with van der Waals surface area (Å²) in [5, 5.41) is 6.93. The molecule has 0 radical (unpaired) electrons. The Bertz CT molecular complexity index is 493. The number of benzene rings is 1. The molecule has 0 aliphatic heterocycles. The van der Waals surface area contributed by atoms with Crippen LogP contribution >= 0.6 is 22.9 Å². The van der Waals surface area contributed by atoms with Crippen molar-refractivity contribution < 1.29 is 0 Å². The molecule has 1 heterocycles. The van der Waals surface area contributed by atoms with Crippen LogP contribution in [0.5, 0.6) is 0 Å². The lowest BCUT2D eigenvalue weighted by atomic mass is 10.2. The maximum absolute atomic E-state index is 5.67. The van der Waals surface area contributed by atoms with E-state index in [0.29, 0.717) is 11.6 Å². The second-order valence-electron chi connectivity index (χ2n) is 3.61. The van der Waals surface area contributed by atoms with Gasteiger partial charge in [0.05, 0.1) is 5.69 Å². The van der Waals surface area contributed by atoms with Crippen LogP contribution in [0.15, 0.2) is 47.3 Å². The molecule has 1 N–H and O–H groups in total. The van der Waals surface area contributed by atoms with Crippen molar-refractivity contribution in [3.8, 4) is 11.3 Å². The maximum atomic E-state index is 5.67. The van der Waals surface area contributed by atoms with E-state index in [0.717, 1.165) is 22.8 Å². The Morgan fingerprint density at radius 2 is 2.12 bits per heavy atom. The van der Waals surface area contributed by atoms with E-state index in [9.17, 15) is 0 Å². The van der Waals surface area contributed by atoms with Gasteiger partial charge in [0.2, 0.25) is 0 Å². The summed E-state index contributed by atoms with van der Waals surface area (Å²) in [4.78, 5) is 4.56. The number of hydrogen-bond donors (Lipinski definition) is 1. The van der Waals surface area contributed by atoms with Crippen molar-refractivity contribution in [2.24, 2.45) is 0 Å². The van der Waals surface area contributed by atoms with Gasteiger partial charge in [0.1, 0.15) is 5.01 Å². The van der Waals surface area contributed by atoms with Crippen molar-refractivity contribution >= 4 is 22.9 Å². The highest BCUT2D eigenvalue weighted by Crippen LogP contribution is 2.21. The first-order valence-corrected chi connectivity index (χ1v) is 6.55. The number of thiazole rings is 1. The Labute approximate surface area is 110 Å². The molecule has 2 nitrogen and oxygen atoms in total. The maximum Gasteiger partial charge on any atom is 0.107 e.